The molecular weight excluding hydrogens is 286 g/mol. The van der Waals surface area contributed by atoms with Gasteiger partial charge in [0.25, 0.3) is 5.91 Å². The molecule has 6 heteroatoms. The normalized spacial score (nSPS) is 10.2. The van der Waals surface area contributed by atoms with Crippen LogP contribution in [0.2, 0.25) is 0 Å². The van der Waals surface area contributed by atoms with Gasteiger partial charge in [0.2, 0.25) is 0 Å². The summed E-state index contributed by atoms with van der Waals surface area (Å²) in [5.41, 5.74) is 1.04. The number of aromatic amines is 1. The number of benzene rings is 1. The van der Waals surface area contributed by atoms with Crippen molar-refractivity contribution in [2.45, 2.75) is 6.92 Å². The number of nitrogens with zero attached hydrogens (tertiary/aromatic N) is 1. The van der Waals surface area contributed by atoms with Crippen LogP contribution >= 0.6 is 15.9 Å². The van der Waals surface area contributed by atoms with Crippen molar-refractivity contribution in [3.63, 3.8) is 0 Å². The highest BCUT2D eigenvalue weighted by atomic mass is 79.9. The van der Waals surface area contributed by atoms with E-state index in [1.54, 1.807) is 18.3 Å². The van der Waals surface area contributed by atoms with Gasteiger partial charge in [0.15, 0.2) is 0 Å². The van der Waals surface area contributed by atoms with E-state index in [1.165, 1.54) is 6.07 Å². The largest absolute Gasteiger partial charge is 0.507 e. The fourth-order valence-corrected chi connectivity index (χ4v) is 1.70. The maximum absolute atomic E-state index is 11.9. The van der Waals surface area contributed by atoms with Crippen molar-refractivity contribution in [3.8, 4) is 5.75 Å². The molecule has 17 heavy (non-hydrogen) atoms. The molecule has 0 saturated carbocycles. The Morgan fingerprint density at radius 3 is 2.88 bits per heavy atom. The Bertz CT molecular complexity index is 566. The number of aryl methyl sites for hydroxylation is 1. The van der Waals surface area contributed by atoms with Gasteiger partial charge in [0.1, 0.15) is 11.6 Å². The summed E-state index contributed by atoms with van der Waals surface area (Å²) in [6.45, 7) is 1.82. The molecular formula is C11H10BrN3O2. The summed E-state index contributed by atoms with van der Waals surface area (Å²) in [5.74, 6) is 0.0636. The molecule has 0 unspecified atom stereocenters. The molecule has 0 aliphatic carbocycles. The number of phenols is 1. The number of carbonyl (C=O) groups excluding carboxylic acids is 1. The second-order valence-electron chi connectivity index (χ2n) is 3.54. The summed E-state index contributed by atoms with van der Waals surface area (Å²) >= 11 is 3.21. The summed E-state index contributed by atoms with van der Waals surface area (Å²) in [6, 6.07) is 4.70. The number of aromatic nitrogens is 2. The summed E-state index contributed by atoms with van der Waals surface area (Å²) < 4.78 is 0.712. The molecule has 2 aromatic rings. The lowest BCUT2D eigenvalue weighted by atomic mass is 10.2. The number of rotatable bonds is 2. The number of aromatic hydroxyl groups is 1. The molecule has 1 amide bonds. The van der Waals surface area contributed by atoms with E-state index in [0.717, 1.165) is 5.56 Å². The SMILES string of the molecule is Cc1cn[nH]c1NC(=O)c1ccc(Br)cc1O. The fraction of sp³-hybridized carbons (Fsp3) is 0.0909. The average Bonchev–Trinajstić information content (AvgIpc) is 2.64. The average molecular weight is 296 g/mol. The van der Waals surface area contributed by atoms with Crippen molar-refractivity contribution in [1.82, 2.24) is 10.2 Å². The zero-order chi connectivity index (χ0) is 12.4. The van der Waals surface area contributed by atoms with E-state index in [4.69, 9.17) is 0 Å². The number of nitrogens with one attached hydrogen (secondary N) is 2. The third kappa shape index (κ3) is 2.47. The number of phenolic OH excluding ortho intramolecular Hbond substituents is 1. The number of halogens is 1. The molecule has 0 atom stereocenters. The first-order valence-electron chi connectivity index (χ1n) is 4.88. The molecule has 2 rings (SSSR count). The number of H-pyrrole nitrogens is 1. The summed E-state index contributed by atoms with van der Waals surface area (Å²) in [6.07, 6.45) is 1.61. The highest BCUT2D eigenvalue weighted by molar-refractivity contribution is 9.10. The maximum atomic E-state index is 11.9. The molecule has 3 N–H and O–H groups in total. The Hall–Kier alpha value is -1.82. The molecule has 0 aliphatic rings. The van der Waals surface area contributed by atoms with E-state index in [9.17, 15) is 9.90 Å². The minimum atomic E-state index is -0.387. The van der Waals surface area contributed by atoms with Crippen LogP contribution in [0.3, 0.4) is 0 Å². The summed E-state index contributed by atoms with van der Waals surface area (Å²) in [4.78, 5) is 11.9. The van der Waals surface area contributed by atoms with Crippen molar-refractivity contribution in [2.24, 2.45) is 0 Å². The zero-order valence-electron chi connectivity index (χ0n) is 8.99. The second-order valence-corrected chi connectivity index (χ2v) is 4.46. The van der Waals surface area contributed by atoms with Crippen LogP contribution in [-0.4, -0.2) is 21.2 Å². The topological polar surface area (TPSA) is 78.0 Å². The number of amides is 1. The first kappa shape index (κ1) is 11.7. The first-order chi connectivity index (χ1) is 8.08. The standard InChI is InChI=1S/C11H10BrN3O2/c1-6-5-13-15-10(6)14-11(17)8-3-2-7(12)4-9(8)16/h2-5,16H,1H3,(H2,13,14,15,17). The van der Waals surface area contributed by atoms with Gasteiger partial charge < -0.3 is 10.4 Å². The van der Waals surface area contributed by atoms with E-state index in [0.29, 0.717) is 10.3 Å². The van der Waals surface area contributed by atoms with Gasteiger partial charge in [-0.1, -0.05) is 15.9 Å². The van der Waals surface area contributed by atoms with Crippen LogP contribution in [0.1, 0.15) is 15.9 Å². The van der Waals surface area contributed by atoms with Crippen LogP contribution in [0, 0.1) is 6.92 Å². The van der Waals surface area contributed by atoms with Crippen LogP contribution in [0.4, 0.5) is 5.82 Å². The monoisotopic (exact) mass is 295 g/mol. The van der Waals surface area contributed by atoms with Crippen molar-refractivity contribution in [3.05, 3.63) is 40.0 Å². The van der Waals surface area contributed by atoms with E-state index in [-0.39, 0.29) is 17.2 Å². The Morgan fingerprint density at radius 1 is 1.53 bits per heavy atom. The summed E-state index contributed by atoms with van der Waals surface area (Å²) in [7, 11) is 0. The van der Waals surface area contributed by atoms with E-state index >= 15 is 0 Å². The Labute approximate surface area is 106 Å². The van der Waals surface area contributed by atoms with Crippen LogP contribution in [0.25, 0.3) is 0 Å². The van der Waals surface area contributed by atoms with Crippen LogP contribution < -0.4 is 5.32 Å². The molecule has 1 aromatic carbocycles. The zero-order valence-corrected chi connectivity index (χ0v) is 10.6. The molecule has 0 radical (unpaired) electrons. The van der Waals surface area contributed by atoms with Crippen LogP contribution in [-0.2, 0) is 0 Å². The van der Waals surface area contributed by atoms with Gasteiger partial charge in [-0.15, -0.1) is 0 Å². The molecule has 5 nitrogen and oxygen atoms in total. The highest BCUT2D eigenvalue weighted by Gasteiger charge is 2.13. The van der Waals surface area contributed by atoms with Gasteiger partial charge in [-0.25, -0.2) is 0 Å². The smallest absolute Gasteiger partial charge is 0.260 e. The first-order valence-corrected chi connectivity index (χ1v) is 5.67. The predicted molar refractivity (Wildman–Crippen MR) is 67.1 cm³/mol. The number of hydrogen-bond acceptors (Lipinski definition) is 3. The number of carbonyl (C=O) groups is 1. The maximum Gasteiger partial charge on any atom is 0.260 e. The van der Waals surface area contributed by atoms with Crippen molar-refractivity contribution >= 4 is 27.7 Å². The Morgan fingerprint density at radius 2 is 2.29 bits per heavy atom. The van der Waals surface area contributed by atoms with Gasteiger partial charge in [-0.3, -0.25) is 9.89 Å². The van der Waals surface area contributed by atoms with E-state index < -0.39 is 0 Å². The van der Waals surface area contributed by atoms with E-state index in [1.807, 2.05) is 6.92 Å². The molecule has 1 heterocycles. The molecule has 0 bridgehead atoms. The third-order valence-electron chi connectivity index (χ3n) is 2.27. The molecule has 0 fully saturated rings. The minimum absolute atomic E-state index is 0.0750. The predicted octanol–water partition coefficient (Wildman–Crippen LogP) is 2.44. The highest BCUT2D eigenvalue weighted by Crippen LogP contribution is 2.23. The molecule has 0 spiro atoms. The van der Waals surface area contributed by atoms with Gasteiger partial charge >= 0.3 is 0 Å². The van der Waals surface area contributed by atoms with E-state index in [2.05, 4.69) is 31.4 Å². The van der Waals surface area contributed by atoms with Gasteiger partial charge in [0.05, 0.1) is 11.8 Å². The Kier molecular flexibility index (Phi) is 3.14. The number of hydrogen-bond donors (Lipinski definition) is 3. The van der Waals surface area contributed by atoms with Gasteiger partial charge in [-0.05, 0) is 25.1 Å². The summed E-state index contributed by atoms with van der Waals surface area (Å²) in [5, 5.41) is 18.7. The lowest BCUT2D eigenvalue weighted by Crippen LogP contribution is -2.13. The lowest BCUT2D eigenvalue weighted by molar-refractivity contribution is 0.102. The fourth-order valence-electron chi connectivity index (χ4n) is 1.35. The molecule has 88 valence electrons. The van der Waals surface area contributed by atoms with Crippen molar-refractivity contribution < 1.29 is 9.90 Å². The number of anilines is 1. The minimum Gasteiger partial charge on any atom is -0.507 e. The van der Waals surface area contributed by atoms with Crippen LogP contribution in [0.5, 0.6) is 5.75 Å². The second kappa shape index (κ2) is 4.58. The molecule has 0 saturated heterocycles. The van der Waals surface area contributed by atoms with Crippen molar-refractivity contribution in [2.75, 3.05) is 5.32 Å². The quantitative estimate of drug-likeness (QED) is 0.796. The lowest BCUT2D eigenvalue weighted by Gasteiger charge is -2.06. The van der Waals surface area contributed by atoms with Crippen LogP contribution in [0.15, 0.2) is 28.9 Å². The molecule has 0 aliphatic heterocycles. The third-order valence-corrected chi connectivity index (χ3v) is 2.77. The van der Waals surface area contributed by atoms with Gasteiger partial charge in [0, 0.05) is 10.0 Å². The Balaban J connectivity index is 2.23. The van der Waals surface area contributed by atoms with Crippen molar-refractivity contribution in [1.29, 1.82) is 0 Å². The van der Waals surface area contributed by atoms with Gasteiger partial charge in [-0.2, -0.15) is 5.10 Å². The molecule has 1 aromatic heterocycles.